The third-order valence-corrected chi connectivity index (χ3v) is 1.80. The molecule has 0 aliphatic rings. The van der Waals surface area contributed by atoms with Crippen molar-refractivity contribution in [1.29, 1.82) is 0 Å². The second-order valence-electron chi connectivity index (χ2n) is 2.69. The number of hydrogen-bond donors (Lipinski definition) is 0. The van der Waals surface area contributed by atoms with Gasteiger partial charge in [0, 0.05) is 18.0 Å². The summed E-state index contributed by atoms with van der Waals surface area (Å²) >= 11 is 0. The van der Waals surface area contributed by atoms with E-state index in [1.54, 1.807) is 24.4 Å². The Labute approximate surface area is 77.8 Å². The monoisotopic (exact) mass is 172 g/mol. The van der Waals surface area contributed by atoms with Gasteiger partial charge in [-0.2, -0.15) is 0 Å². The van der Waals surface area contributed by atoms with Gasteiger partial charge in [0.15, 0.2) is 0 Å². The van der Waals surface area contributed by atoms with Crippen LogP contribution in [0.25, 0.3) is 0 Å². The van der Waals surface area contributed by atoms with Crippen molar-refractivity contribution >= 4 is 5.91 Å². The van der Waals surface area contributed by atoms with Crippen molar-refractivity contribution in [3.05, 3.63) is 60.4 Å². The molecule has 0 bridgehead atoms. The number of nitrogens with zero attached hydrogens (tertiary/aromatic N) is 1. The first kappa shape index (κ1) is 6.66. The van der Waals surface area contributed by atoms with E-state index in [9.17, 15) is 4.79 Å². The molecule has 2 heteroatoms. The van der Waals surface area contributed by atoms with Crippen LogP contribution in [0.5, 0.6) is 0 Å². The summed E-state index contributed by atoms with van der Waals surface area (Å²) < 4.78 is 8.71. The fourth-order valence-corrected chi connectivity index (χ4v) is 1.15. The fraction of sp³-hybridized carbons (Fsp3) is 0. The lowest BCUT2D eigenvalue weighted by Crippen LogP contribution is -2.08. The Morgan fingerprint density at radius 1 is 1.15 bits per heavy atom. The summed E-state index contributed by atoms with van der Waals surface area (Å²) in [4.78, 5) is 11.7. The molecule has 0 N–H and O–H groups in total. The number of hydrogen-bond acceptors (Lipinski definition) is 1. The van der Waals surface area contributed by atoms with Gasteiger partial charge in [0.05, 0.1) is 1.37 Å². The van der Waals surface area contributed by atoms with Gasteiger partial charge in [0.1, 0.15) is 0 Å². The minimum Gasteiger partial charge on any atom is -0.291 e. The second kappa shape index (κ2) is 3.27. The molecular formula is C11H9NO. The lowest BCUT2D eigenvalue weighted by Gasteiger charge is -1.99. The summed E-state index contributed by atoms with van der Waals surface area (Å²) in [7, 11) is 0. The lowest BCUT2D eigenvalue weighted by molar-refractivity contribution is 0.0960. The van der Waals surface area contributed by atoms with Crippen LogP contribution in [0.2, 0.25) is 0 Å². The molecule has 0 saturated carbocycles. The second-order valence-corrected chi connectivity index (χ2v) is 2.69. The van der Waals surface area contributed by atoms with Gasteiger partial charge in [-0.3, -0.25) is 9.36 Å². The van der Waals surface area contributed by atoms with Crippen LogP contribution in [0.1, 0.15) is 11.7 Å². The van der Waals surface area contributed by atoms with E-state index in [0.29, 0.717) is 11.6 Å². The van der Waals surface area contributed by atoms with E-state index < -0.39 is 0 Å². The van der Waals surface area contributed by atoms with Crippen molar-refractivity contribution in [3.8, 4) is 0 Å². The maximum absolute atomic E-state index is 11.7. The first-order valence-electron chi connectivity index (χ1n) is 4.52. The number of benzene rings is 1. The predicted octanol–water partition coefficient (Wildman–Crippen LogP) is 2.18. The van der Waals surface area contributed by atoms with Crippen molar-refractivity contribution in [1.82, 2.24) is 4.57 Å². The first-order chi connectivity index (χ1) is 6.77. The van der Waals surface area contributed by atoms with Crippen molar-refractivity contribution < 1.29 is 6.17 Å². The van der Waals surface area contributed by atoms with Crippen molar-refractivity contribution in [2.24, 2.45) is 0 Å². The van der Waals surface area contributed by atoms with Crippen LogP contribution >= 0.6 is 0 Å². The minimum absolute atomic E-state index is 0.107. The highest BCUT2D eigenvalue weighted by Gasteiger charge is 2.04. The molecule has 0 amide bonds. The van der Waals surface area contributed by atoms with Gasteiger partial charge in [-0.05, 0) is 24.2 Å². The summed E-state index contributed by atoms with van der Waals surface area (Å²) in [6.07, 6.45) is 3.09. The fourth-order valence-electron chi connectivity index (χ4n) is 1.15. The topological polar surface area (TPSA) is 22.0 Å². The van der Waals surface area contributed by atoms with E-state index in [1.165, 1.54) is 10.8 Å². The van der Waals surface area contributed by atoms with E-state index in [2.05, 4.69) is 0 Å². The van der Waals surface area contributed by atoms with Crippen molar-refractivity contribution in [3.63, 3.8) is 0 Å². The molecule has 13 heavy (non-hydrogen) atoms. The molecule has 2 rings (SSSR count). The van der Waals surface area contributed by atoms with Crippen LogP contribution in [0, 0.1) is 0 Å². The molecule has 0 radical (unpaired) electrons. The van der Waals surface area contributed by atoms with Gasteiger partial charge in [-0.15, -0.1) is 0 Å². The molecule has 0 atom stereocenters. The van der Waals surface area contributed by atoms with Gasteiger partial charge in [-0.25, -0.2) is 0 Å². The highest BCUT2D eigenvalue weighted by Crippen LogP contribution is 2.02. The summed E-state index contributed by atoms with van der Waals surface area (Å²) in [6.45, 7) is 0. The molecule has 1 aromatic carbocycles. The standard InChI is InChI=1S/C11H9NO/c13-11(12-8-4-5-9-12)10-6-2-1-3-7-10/h1-9H/i4D. The maximum atomic E-state index is 11.7. The highest BCUT2D eigenvalue weighted by molar-refractivity contribution is 5.95. The normalized spacial score (nSPS) is 10.9. The van der Waals surface area contributed by atoms with Crippen LogP contribution in [-0.4, -0.2) is 10.5 Å². The van der Waals surface area contributed by atoms with Gasteiger partial charge < -0.3 is 0 Å². The average Bonchev–Trinajstić information content (AvgIpc) is 2.65. The number of carbonyl (C=O) groups is 1. The molecule has 1 heterocycles. The Morgan fingerprint density at radius 3 is 2.54 bits per heavy atom. The zero-order valence-corrected chi connectivity index (χ0v) is 6.97. The Hall–Kier alpha value is -1.83. The third-order valence-electron chi connectivity index (χ3n) is 1.80. The molecule has 0 saturated heterocycles. The molecule has 0 unspecified atom stereocenters. The Bertz CT molecular complexity index is 447. The molecule has 2 nitrogen and oxygen atoms in total. The van der Waals surface area contributed by atoms with Crippen LogP contribution in [0.15, 0.2) is 54.8 Å². The van der Waals surface area contributed by atoms with Crippen LogP contribution in [-0.2, 0) is 0 Å². The SMILES string of the molecule is [2H]c1ccn(C(=O)c2ccccc2)c1. The van der Waals surface area contributed by atoms with E-state index >= 15 is 0 Å². The van der Waals surface area contributed by atoms with Crippen LogP contribution < -0.4 is 0 Å². The summed E-state index contributed by atoms with van der Waals surface area (Å²) in [6, 6.07) is 10.9. The van der Waals surface area contributed by atoms with Crippen LogP contribution in [0.3, 0.4) is 0 Å². The first-order valence-corrected chi connectivity index (χ1v) is 4.02. The molecule has 1 aromatic heterocycles. The quantitative estimate of drug-likeness (QED) is 0.646. The molecule has 0 spiro atoms. The molecule has 2 aromatic rings. The number of aromatic nitrogens is 1. The van der Waals surface area contributed by atoms with Gasteiger partial charge in [0.2, 0.25) is 0 Å². The van der Waals surface area contributed by atoms with Gasteiger partial charge in [-0.1, -0.05) is 18.2 Å². The van der Waals surface area contributed by atoms with E-state index in [4.69, 9.17) is 1.37 Å². The maximum Gasteiger partial charge on any atom is 0.261 e. The van der Waals surface area contributed by atoms with Crippen LogP contribution in [0.4, 0.5) is 0 Å². The Kier molecular flexibility index (Phi) is 1.68. The highest BCUT2D eigenvalue weighted by atomic mass is 16.2. The number of carbonyl (C=O) groups excluding carboxylic acids is 1. The Balaban J connectivity index is 2.34. The van der Waals surface area contributed by atoms with E-state index in [-0.39, 0.29) is 5.91 Å². The Morgan fingerprint density at radius 2 is 1.92 bits per heavy atom. The zero-order chi connectivity index (χ0) is 9.97. The lowest BCUT2D eigenvalue weighted by atomic mass is 10.2. The average molecular weight is 172 g/mol. The molecule has 0 aliphatic carbocycles. The molecule has 0 fully saturated rings. The van der Waals surface area contributed by atoms with Crippen molar-refractivity contribution in [2.45, 2.75) is 0 Å². The summed E-state index contributed by atoms with van der Waals surface area (Å²) in [5, 5.41) is 0. The smallest absolute Gasteiger partial charge is 0.261 e. The predicted molar refractivity (Wildman–Crippen MR) is 50.6 cm³/mol. The molecular weight excluding hydrogens is 162 g/mol. The van der Waals surface area contributed by atoms with Gasteiger partial charge in [0.25, 0.3) is 5.91 Å². The summed E-state index contributed by atoms with van der Waals surface area (Å²) in [5.41, 5.74) is 0.628. The van der Waals surface area contributed by atoms with E-state index in [1.807, 2.05) is 18.2 Å². The third kappa shape index (κ3) is 1.51. The molecule has 0 aliphatic heterocycles. The largest absolute Gasteiger partial charge is 0.291 e. The zero-order valence-electron chi connectivity index (χ0n) is 7.97. The minimum atomic E-state index is -0.107. The van der Waals surface area contributed by atoms with Crippen molar-refractivity contribution in [2.75, 3.05) is 0 Å². The summed E-state index contributed by atoms with van der Waals surface area (Å²) in [5.74, 6) is -0.107. The molecule has 64 valence electrons. The van der Waals surface area contributed by atoms with Gasteiger partial charge >= 0.3 is 0 Å². The number of rotatable bonds is 1. The van der Waals surface area contributed by atoms with E-state index in [0.717, 1.165) is 0 Å².